The molecule has 1 aliphatic rings. The van der Waals surface area contributed by atoms with Gasteiger partial charge < -0.3 is 20.4 Å². The fraction of sp³-hybridized carbons (Fsp3) is 0.278. The molecule has 0 spiro atoms. The number of dihydropyridines is 1. The van der Waals surface area contributed by atoms with Gasteiger partial charge in [-0.1, -0.05) is 12.1 Å². The molecular formula is C18H17F3N2O5. The Morgan fingerprint density at radius 3 is 1.96 bits per heavy atom. The van der Waals surface area contributed by atoms with Gasteiger partial charge in [0.15, 0.2) is 0 Å². The minimum atomic E-state index is -5.09. The maximum atomic E-state index is 12.7. The van der Waals surface area contributed by atoms with Crippen LogP contribution in [0, 0.1) is 0 Å². The van der Waals surface area contributed by atoms with Crippen LogP contribution in [0.1, 0.15) is 25.3 Å². The number of nitrogens with one attached hydrogen (secondary N) is 1. The number of nitrogens with zero attached hydrogens (tertiary/aromatic N) is 1. The Morgan fingerprint density at radius 1 is 1.04 bits per heavy atom. The molecule has 1 aliphatic heterocycles. The van der Waals surface area contributed by atoms with Gasteiger partial charge in [-0.3, -0.25) is 4.79 Å². The van der Waals surface area contributed by atoms with E-state index in [2.05, 4.69) is 5.32 Å². The summed E-state index contributed by atoms with van der Waals surface area (Å²) in [7, 11) is 0.926. The number of hydrogen-bond acceptors (Lipinski definition) is 4. The van der Waals surface area contributed by atoms with Crippen LogP contribution < -0.4 is 10.2 Å². The summed E-state index contributed by atoms with van der Waals surface area (Å²) in [5.74, 6) is -6.08. The number of carbonyl (C=O) groups excluding carboxylic acids is 1. The zero-order valence-electron chi connectivity index (χ0n) is 15.1. The van der Waals surface area contributed by atoms with Gasteiger partial charge in [0.2, 0.25) is 0 Å². The molecule has 0 fully saturated rings. The lowest BCUT2D eigenvalue weighted by Crippen LogP contribution is -2.38. The number of aliphatic carboxylic acids is 2. The summed E-state index contributed by atoms with van der Waals surface area (Å²) in [5, 5.41) is 21.8. The number of amides is 1. The number of rotatable bonds is 4. The smallest absolute Gasteiger partial charge is 0.471 e. The van der Waals surface area contributed by atoms with E-state index in [9.17, 15) is 37.8 Å². The van der Waals surface area contributed by atoms with E-state index in [1.165, 1.54) is 38.1 Å². The van der Waals surface area contributed by atoms with E-state index in [-0.39, 0.29) is 33.8 Å². The van der Waals surface area contributed by atoms with Gasteiger partial charge in [0.05, 0.1) is 17.1 Å². The van der Waals surface area contributed by atoms with Crippen molar-refractivity contribution in [1.82, 2.24) is 5.32 Å². The molecule has 1 aromatic rings. The van der Waals surface area contributed by atoms with Gasteiger partial charge in [0.25, 0.3) is 0 Å². The summed E-state index contributed by atoms with van der Waals surface area (Å²) >= 11 is 0. The molecule has 2 rings (SSSR count). The number of carbonyl (C=O) groups is 3. The fourth-order valence-electron chi connectivity index (χ4n) is 3.11. The molecule has 28 heavy (non-hydrogen) atoms. The molecule has 0 aliphatic carbocycles. The summed E-state index contributed by atoms with van der Waals surface area (Å²) < 4.78 is 38.1. The summed E-state index contributed by atoms with van der Waals surface area (Å²) in [5.41, 5.74) is -0.0809. The Hall–Kier alpha value is -3.30. The van der Waals surface area contributed by atoms with Crippen molar-refractivity contribution < 1.29 is 37.8 Å². The highest BCUT2D eigenvalue weighted by Crippen LogP contribution is 2.39. The molecule has 0 bridgehead atoms. The minimum Gasteiger partial charge on any atom is -0.478 e. The van der Waals surface area contributed by atoms with Gasteiger partial charge in [-0.05, 0) is 31.5 Å². The lowest BCUT2D eigenvalue weighted by molar-refractivity contribution is -0.170. The average molecular weight is 398 g/mol. The van der Waals surface area contributed by atoms with Gasteiger partial charge >= 0.3 is 24.0 Å². The zero-order chi connectivity index (χ0) is 21.4. The maximum Gasteiger partial charge on any atom is 0.471 e. The molecule has 1 amide bonds. The summed E-state index contributed by atoms with van der Waals surface area (Å²) in [6, 6.07) is 5.14. The molecule has 0 atom stereocenters. The molecular weight excluding hydrogens is 381 g/mol. The Bertz CT molecular complexity index is 882. The van der Waals surface area contributed by atoms with Crippen molar-refractivity contribution in [3.8, 4) is 0 Å². The second kappa shape index (κ2) is 7.37. The molecule has 0 saturated heterocycles. The van der Waals surface area contributed by atoms with Crippen LogP contribution in [0.25, 0.3) is 0 Å². The first kappa shape index (κ1) is 21.0. The van der Waals surface area contributed by atoms with Crippen LogP contribution in [0.4, 0.5) is 18.9 Å². The third kappa shape index (κ3) is 3.85. The van der Waals surface area contributed by atoms with E-state index in [0.717, 1.165) is 7.05 Å². The molecule has 150 valence electrons. The van der Waals surface area contributed by atoms with E-state index in [1.54, 1.807) is 0 Å². The molecule has 1 aromatic carbocycles. The summed E-state index contributed by atoms with van der Waals surface area (Å²) in [6.07, 6.45) is -5.09. The predicted molar refractivity (Wildman–Crippen MR) is 92.5 cm³/mol. The molecule has 7 nitrogen and oxygen atoms in total. The van der Waals surface area contributed by atoms with Gasteiger partial charge in [-0.15, -0.1) is 0 Å². The van der Waals surface area contributed by atoms with Crippen molar-refractivity contribution in [3.05, 3.63) is 52.4 Å². The molecule has 0 unspecified atom stereocenters. The SMILES string of the molecule is CC1=C(C(=O)O)C(c2cccc(N(C)C(=O)C(F)(F)F)c2)C(C(=O)O)=C(C)N1. The maximum absolute atomic E-state index is 12.7. The number of halogens is 3. The first-order valence-corrected chi connectivity index (χ1v) is 7.96. The van der Waals surface area contributed by atoms with E-state index in [0.29, 0.717) is 4.90 Å². The minimum absolute atomic E-state index is 0.134. The molecule has 0 saturated carbocycles. The standard InChI is InChI=1S/C18H17F3N2O5/c1-8-12(15(24)25)14(13(16(26)27)9(2)22-8)10-5-4-6-11(7-10)23(3)17(28)18(19,20)21/h4-7,14,22H,1-3H3,(H,24,25)(H,26,27). The third-order valence-electron chi connectivity index (χ3n) is 4.36. The van der Waals surface area contributed by atoms with Gasteiger partial charge in [-0.25, -0.2) is 9.59 Å². The zero-order valence-corrected chi connectivity index (χ0v) is 15.1. The molecule has 10 heteroatoms. The topological polar surface area (TPSA) is 107 Å². The van der Waals surface area contributed by atoms with Gasteiger partial charge in [0.1, 0.15) is 0 Å². The van der Waals surface area contributed by atoms with Crippen molar-refractivity contribution in [2.24, 2.45) is 0 Å². The van der Waals surface area contributed by atoms with E-state index in [1.807, 2.05) is 0 Å². The van der Waals surface area contributed by atoms with Gasteiger partial charge in [0, 0.05) is 24.1 Å². The average Bonchev–Trinajstić information content (AvgIpc) is 2.58. The number of alkyl halides is 3. The van der Waals surface area contributed by atoms with Crippen LogP contribution >= 0.6 is 0 Å². The Morgan fingerprint density at radius 2 is 1.54 bits per heavy atom. The molecule has 1 heterocycles. The number of carboxylic acid groups (broad SMARTS) is 2. The van der Waals surface area contributed by atoms with E-state index in [4.69, 9.17) is 0 Å². The van der Waals surface area contributed by atoms with Crippen LogP contribution in [-0.4, -0.2) is 41.3 Å². The Balaban J connectivity index is 2.63. The van der Waals surface area contributed by atoms with Crippen molar-refractivity contribution in [2.45, 2.75) is 25.9 Å². The van der Waals surface area contributed by atoms with Gasteiger partial charge in [-0.2, -0.15) is 13.2 Å². The van der Waals surface area contributed by atoms with Crippen molar-refractivity contribution in [2.75, 3.05) is 11.9 Å². The van der Waals surface area contributed by atoms with Crippen LogP contribution in [0.5, 0.6) is 0 Å². The molecule has 0 aromatic heterocycles. The van der Waals surface area contributed by atoms with Crippen molar-refractivity contribution in [1.29, 1.82) is 0 Å². The summed E-state index contributed by atoms with van der Waals surface area (Å²) in [4.78, 5) is 35.4. The Kier molecular flexibility index (Phi) is 5.53. The third-order valence-corrected chi connectivity index (χ3v) is 4.36. The molecule has 3 N–H and O–H groups in total. The lowest BCUT2D eigenvalue weighted by Gasteiger charge is -2.29. The summed E-state index contributed by atoms with van der Waals surface area (Å²) in [6.45, 7) is 2.92. The first-order chi connectivity index (χ1) is 12.9. The number of anilines is 1. The Labute approximate surface area is 157 Å². The second-order valence-electron chi connectivity index (χ2n) is 6.20. The monoisotopic (exact) mass is 398 g/mol. The fourth-order valence-corrected chi connectivity index (χ4v) is 3.11. The number of allylic oxidation sites excluding steroid dienone is 2. The number of hydrogen-bond donors (Lipinski definition) is 3. The highest BCUT2D eigenvalue weighted by Gasteiger charge is 2.42. The highest BCUT2D eigenvalue weighted by atomic mass is 19.4. The van der Waals surface area contributed by atoms with Crippen LogP contribution in [0.2, 0.25) is 0 Å². The number of carboxylic acids is 2. The first-order valence-electron chi connectivity index (χ1n) is 7.96. The van der Waals surface area contributed by atoms with E-state index < -0.39 is 29.9 Å². The quantitative estimate of drug-likeness (QED) is 0.720. The van der Waals surface area contributed by atoms with Crippen LogP contribution in [-0.2, 0) is 14.4 Å². The normalized spacial score (nSPS) is 15.4. The highest BCUT2D eigenvalue weighted by molar-refractivity contribution is 5.99. The largest absolute Gasteiger partial charge is 0.478 e. The van der Waals surface area contributed by atoms with Crippen molar-refractivity contribution >= 4 is 23.5 Å². The van der Waals surface area contributed by atoms with Crippen molar-refractivity contribution in [3.63, 3.8) is 0 Å². The number of benzene rings is 1. The van der Waals surface area contributed by atoms with Crippen LogP contribution in [0.15, 0.2) is 46.8 Å². The molecule has 0 radical (unpaired) electrons. The predicted octanol–water partition coefficient (Wildman–Crippen LogP) is 2.62. The second-order valence-corrected chi connectivity index (χ2v) is 6.20. The lowest BCUT2D eigenvalue weighted by atomic mass is 9.80. The van der Waals surface area contributed by atoms with Crippen LogP contribution in [0.3, 0.4) is 0 Å². The van der Waals surface area contributed by atoms with E-state index >= 15 is 0 Å².